The number of hydrogen-bond donors (Lipinski definition) is 1. The Morgan fingerprint density at radius 1 is 1.02 bits per heavy atom. The maximum Gasteiger partial charge on any atom is 0.264 e. The van der Waals surface area contributed by atoms with E-state index < -0.39 is 28.5 Å². The SMILES string of the molecule is CCCCNC(=O)C(C)N(Cc1ccc(C)cc1)C(=O)CN(c1cc(Cl)ccc1OC)S(=O)(=O)c1ccccc1. The number of hydrogen-bond acceptors (Lipinski definition) is 5. The van der Waals surface area contributed by atoms with Crippen LogP contribution < -0.4 is 14.4 Å². The van der Waals surface area contributed by atoms with Crippen molar-refractivity contribution >= 4 is 39.1 Å². The maximum absolute atomic E-state index is 14.0. The lowest BCUT2D eigenvalue weighted by molar-refractivity contribution is -0.139. The summed E-state index contributed by atoms with van der Waals surface area (Å²) in [4.78, 5) is 28.5. The number of nitrogens with one attached hydrogen (secondary N) is 1. The zero-order chi connectivity index (χ0) is 29.3. The van der Waals surface area contributed by atoms with Crippen LogP contribution in [0.25, 0.3) is 0 Å². The first-order valence-electron chi connectivity index (χ1n) is 13.1. The molecule has 3 aromatic rings. The van der Waals surface area contributed by atoms with Gasteiger partial charge in [0.15, 0.2) is 0 Å². The molecule has 0 spiro atoms. The summed E-state index contributed by atoms with van der Waals surface area (Å²) in [6, 6.07) is 19.2. The molecule has 0 aliphatic rings. The zero-order valence-electron chi connectivity index (χ0n) is 23.3. The standard InChI is InChI=1S/C30H36ClN3O5S/c1-5-6-18-32-30(36)23(3)33(20-24-14-12-22(2)13-15-24)29(35)21-34(27-19-25(31)16-17-28(27)39-4)40(37,38)26-10-8-7-9-11-26/h7-17,19,23H,5-6,18,20-21H2,1-4H3,(H,32,36). The summed E-state index contributed by atoms with van der Waals surface area (Å²) < 4.78 is 34.3. The van der Waals surface area contributed by atoms with Gasteiger partial charge in [0.05, 0.1) is 17.7 Å². The molecule has 0 aliphatic heterocycles. The van der Waals surface area contributed by atoms with Gasteiger partial charge in [0.25, 0.3) is 10.0 Å². The molecule has 1 unspecified atom stereocenters. The van der Waals surface area contributed by atoms with Gasteiger partial charge in [-0.3, -0.25) is 13.9 Å². The third-order valence-corrected chi connectivity index (χ3v) is 8.50. The Morgan fingerprint density at radius 3 is 2.33 bits per heavy atom. The Balaban J connectivity index is 2.05. The van der Waals surface area contributed by atoms with E-state index in [1.54, 1.807) is 37.3 Å². The van der Waals surface area contributed by atoms with Gasteiger partial charge < -0.3 is 15.0 Å². The number of anilines is 1. The monoisotopic (exact) mass is 585 g/mol. The van der Waals surface area contributed by atoms with Crippen LogP contribution in [-0.4, -0.2) is 51.4 Å². The summed E-state index contributed by atoms with van der Waals surface area (Å²) in [5, 5.41) is 3.15. The zero-order valence-corrected chi connectivity index (χ0v) is 24.8. The average molecular weight is 586 g/mol. The number of methoxy groups -OCH3 is 1. The lowest BCUT2D eigenvalue weighted by Crippen LogP contribution is -2.51. The highest BCUT2D eigenvalue weighted by Gasteiger charge is 2.33. The third-order valence-electron chi connectivity index (χ3n) is 6.49. The Morgan fingerprint density at radius 2 is 1.70 bits per heavy atom. The fourth-order valence-electron chi connectivity index (χ4n) is 4.10. The van der Waals surface area contributed by atoms with Gasteiger partial charge in [-0.2, -0.15) is 0 Å². The molecule has 3 aromatic carbocycles. The van der Waals surface area contributed by atoms with Crippen LogP contribution in [0, 0.1) is 6.92 Å². The predicted octanol–water partition coefficient (Wildman–Crippen LogP) is 5.19. The van der Waals surface area contributed by atoms with Crippen molar-refractivity contribution < 1.29 is 22.7 Å². The molecule has 1 N–H and O–H groups in total. The highest BCUT2D eigenvalue weighted by atomic mass is 35.5. The molecule has 40 heavy (non-hydrogen) atoms. The fourth-order valence-corrected chi connectivity index (χ4v) is 5.70. The quantitative estimate of drug-likeness (QED) is 0.279. The molecule has 0 saturated heterocycles. The van der Waals surface area contributed by atoms with E-state index in [0.29, 0.717) is 6.54 Å². The number of amides is 2. The van der Waals surface area contributed by atoms with Gasteiger partial charge in [-0.15, -0.1) is 0 Å². The van der Waals surface area contributed by atoms with Crippen molar-refractivity contribution in [2.24, 2.45) is 0 Å². The first-order valence-corrected chi connectivity index (χ1v) is 14.9. The number of aryl methyl sites for hydroxylation is 1. The molecule has 0 heterocycles. The highest BCUT2D eigenvalue weighted by Crippen LogP contribution is 2.35. The third kappa shape index (κ3) is 7.76. The fraction of sp³-hybridized carbons (Fsp3) is 0.333. The van der Waals surface area contributed by atoms with Crippen molar-refractivity contribution in [3.05, 3.63) is 88.9 Å². The smallest absolute Gasteiger partial charge is 0.264 e. The molecule has 0 saturated carbocycles. The Hall–Kier alpha value is -3.56. The van der Waals surface area contributed by atoms with Gasteiger partial charge >= 0.3 is 0 Å². The van der Waals surface area contributed by atoms with Crippen LogP contribution in [0.1, 0.15) is 37.8 Å². The van der Waals surface area contributed by atoms with Gasteiger partial charge in [0.1, 0.15) is 18.3 Å². The molecule has 0 radical (unpaired) electrons. The summed E-state index contributed by atoms with van der Waals surface area (Å²) in [5.41, 5.74) is 1.98. The number of sulfonamides is 1. The van der Waals surface area contributed by atoms with E-state index in [9.17, 15) is 18.0 Å². The van der Waals surface area contributed by atoms with E-state index in [4.69, 9.17) is 16.3 Å². The van der Waals surface area contributed by atoms with Gasteiger partial charge in [0, 0.05) is 18.1 Å². The predicted molar refractivity (Wildman–Crippen MR) is 158 cm³/mol. The van der Waals surface area contributed by atoms with Crippen molar-refractivity contribution in [3.8, 4) is 5.75 Å². The number of ether oxygens (including phenoxy) is 1. The molecular weight excluding hydrogens is 550 g/mol. The van der Waals surface area contributed by atoms with Crippen LogP contribution in [0.4, 0.5) is 5.69 Å². The van der Waals surface area contributed by atoms with Crippen molar-refractivity contribution in [2.75, 3.05) is 24.5 Å². The second-order valence-electron chi connectivity index (χ2n) is 9.47. The molecule has 0 fully saturated rings. The van der Waals surface area contributed by atoms with Gasteiger partial charge in [-0.1, -0.05) is 73.0 Å². The molecule has 8 nitrogen and oxygen atoms in total. The number of halogens is 1. The van der Waals surface area contributed by atoms with Crippen LogP contribution in [0.2, 0.25) is 5.02 Å². The molecule has 1 atom stereocenters. The summed E-state index contributed by atoms with van der Waals surface area (Å²) >= 11 is 6.26. The van der Waals surface area contributed by atoms with E-state index in [2.05, 4.69) is 5.32 Å². The van der Waals surface area contributed by atoms with Gasteiger partial charge in [-0.05, 0) is 56.2 Å². The van der Waals surface area contributed by atoms with Crippen LogP contribution in [0.15, 0.2) is 77.7 Å². The maximum atomic E-state index is 14.0. The highest BCUT2D eigenvalue weighted by molar-refractivity contribution is 7.92. The van der Waals surface area contributed by atoms with Crippen LogP contribution >= 0.6 is 11.6 Å². The van der Waals surface area contributed by atoms with Crippen molar-refractivity contribution in [3.63, 3.8) is 0 Å². The molecular formula is C30H36ClN3O5S. The first kappa shape index (κ1) is 31.0. The molecule has 214 valence electrons. The summed E-state index contributed by atoms with van der Waals surface area (Å²) in [7, 11) is -2.82. The Labute approximate surface area is 241 Å². The number of carbonyl (C=O) groups excluding carboxylic acids is 2. The number of rotatable bonds is 13. The first-order chi connectivity index (χ1) is 19.1. The lowest BCUT2D eigenvalue weighted by atomic mass is 10.1. The minimum atomic E-state index is -4.23. The number of nitrogens with zero attached hydrogens (tertiary/aromatic N) is 2. The summed E-state index contributed by atoms with van der Waals surface area (Å²) in [6.07, 6.45) is 1.72. The minimum Gasteiger partial charge on any atom is -0.495 e. The number of unbranched alkanes of at least 4 members (excludes halogenated alkanes) is 1. The van der Waals surface area contributed by atoms with E-state index in [-0.39, 0.29) is 33.8 Å². The normalized spacial score (nSPS) is 11.9. The van der Waals surface area contributed by atoms with Crippen molar-refractivity contribution in [1.82, 2.24) is 10.2 Å². The second-order valence-corrected chi connectivity index (χ2v) is 11.8. The van der Waals surface area contributed by atoms with Gasteiger partial charge in [0.2, 0.25) is 11.8 Å². The molecule has 0 aliphatic carbocycles. The van der Waals surface area contributed by atoms with E-state index >= 15 is 0 Å². The molecule has 0 aromatic heterocycles. The van der Waals surface area contributed by atoms with Crippen molar-refractivity contribution in [2.45, 2.75) is 51.1 Å². The van der Waals surface area contributed by atoms with Gasteiger partial charge in [-0.25, -0.2) is 8.42 Å². The number of carbonyl (C=O) groups is 2. The number of benzene rings is 3. The lowest BCUT2D eigenvalue weighted by Gasteiger charge is -2.32. The molecule has 3 rings (SSSR count). The van der Waals surface area contributed by atoms with Crippen LogP contribution in [0.5, 0.6) is 5.75 Å². The second kappa shape index (κ2) is 14.2. The Bertz CT molecular complexity index is 1400. The summed E-state index contributed by atoms with van der Waals surface area (Å²) in [5.74, 6) is -0.640. The minimum absolute atomic E-state index is 0.000250. The topological polar surface area (TPSA) is 96.0 Å². The van der Waals surface area contributed by atoms with Crippen LogP contribution in [0.3, 0.4) is 0 Å². The van der Waals surface area contributed by atoms with E-state index in [1.165, 1.54) is 30.2 Å². The molecule has 10 heteroatoms. The Kier molecular flexibility index (Phi) is 11.0. The van der Waals surface area contributed by atoms with Crippen LogP contribution in [-0.2, 0) is 26.2 Å². The van der Waals surface area contributed by atoms with Crippen molar-refractivity contribution in [1.29, 1.82) is 0 Å². The largest absolute Gasteiger partial charge is 0.495 e. The summed E-state index contributed by atoms with van der Waals surface area (Å²) in [6.45, 7) is 5.65. The van der Waals surface area contributed by atoms with E-state index in [1.807, 2.05) is 38.1 Å². The van der Waals surface area contributed by atoms with E-state index in [0.717, 1.165) is 28.3 Å². The molecule has 0 bridgehead atoms. The average Bonchev–Trinajstić information content (AvgIpc) is 2.95. The molecule has 2 amide bonds.